The van der Waals surface area contributed by atoms with Gasteiger partial charge in [-0.3, -0.25) is 4.79 Å². The summed E-state index contributed by atoms with van der Waals surface area (Å²) in [5.41, 5.74) is 2.32. The van der Waals surface area contributed by atoms with Gasteiger partial charge in [0.2, 0.25) is 0 Å². The summed E-state index contributed by atoms with van der Waals surface area (Å²) in [5.74, 6) is 1.07. The maximum absolute atomic E-state index is 12.6. The van der Waals surface area contributed by atoms with Crippen molar-refractivity contribution in [3.8, 4) is 0 Å². The van der Waals surface area contributed by atoms with E-state index in [1.165, 1.54) is 5.56 Å². The lowest BCUT2D eigenvalue weighted by Crippen LogP contribution is -2.40. The lowest BCUT2D eigenvalue weighted by molar-refractivity contribution is -0.129. The number of carbonyl (C=O) groups is 1. The molecule has 2 aromatic carbocycles. The van der Waals surface area contributed by atoms with Crippen molar-refractivity contribution in [2.45, 2.75) is 32.0 Å². The smallest absolute Gasteiger partial charge is 0.251 e. The van der Waals surface area contributed by atoms with Crippen LogP contribution in [0.1, 0.15) is 37.1 Å². The molecule has 122 valence electrons. The molecule has 0 spiro atoms. The minimum Gasteiger partial charge on any atom is -0.487 e. The Morgan fingerprint density at radius 2 is 1.62 bits per heavy atom. The molecular formula is C21H21NO2. The fourth-order valence-corrected chi connectivity index (χ4v) is 3.93. The summed E-state index contributed by atoms with van der Waals surface area (Å²) < 4.78 is 6.17. The predicted molar refractivity (Wildman–Crippen MR) is 93.0 cm³/mol. The van der Waals surface area contributed by atoms with Crippen LogP contribution in [0.4, 0.5) is 0 Å². The van der Waals surface area contributed by atoms with Crippen molar-refractivity contribution in [3.63, 3.8) is 0 Å². The Morgan fingerprint density at radius 1 is 1.00 bits per heavy atom. The Morgan fingerprint density at radius 3 is 2.29 bits per heavy atom. The molecule has 1 saturated heterocycles. The summed E-state index contributed by atoms with van der Waals surface area (Å²) in [4.78, 5) is 14.5. The van der Waals surface area contributed by atoms with Crippen LogP contribution in [0.3, 0.4) is 0 Å². The molecule has 2 aliphatic heterocycles. The standard InChI is InChI=1S/C21H21NO2/c1-14-20-18(24-21(14)17-11-7-4-8-12-17)13-19(23)22(20)15(2)16-9-5-3-6-10-16/h3-15,20-21H,1-2H3/t14-,15+,20+,21+/m1/s1. The SMILES string of the molecule is C[C@H]1[C@@H](c2ccccc2)OC2=CC(=O)N([C@@H](C)c3ccccc3)[C@H]21. The fourth-order valence-electron chi connectivity index (χ4n) is 3.93. The number of rotatable bonds is 3. The molecule has 0 bridgehead atoms. The molecule has 3 heteroatoms. The number of carbonyl (C=O) groups excluding carboxylic acids is 1. The molecule has 0 saturated carbocycles. The van der Waals surface area contributed by atoms with E-state index in [1.807, 2.05) is 41.3 Å². The van der Waals surface area contributed by atoms with Crippen molar-refractivity contribution >= 4 is 5.91 Å². The van der Waals surface area contributed by atoms with Gasteiger partial charge in [0.15, 0.2) is 0 Å². The molecule has 0 aromatic heterocycles. The van der Waals surface area contributed by atoms with Crippen molar-refractivity contribution in [2.75, 3.05) is 0 Å². The van der Waals surface area contributed by atoms with Gasteiger partial charge in [0.05, 0.1) is 12.1 Å². The Hall–Kier alpha value is -2.55. The Balaban J connectivity index is 1.64. The molecule has 0 aliphatic carbocycles. The van der Waals surface area contributed by atoms with E-state index in [9.17, 15) is 4.79 Å². The van der Waals surface area contributed by atoms with Crippen molar-refractivity contribution in [1.29, 1.82) is 0 Å². The largest absolute Gasteiger partial charge is 0.487 e. The molecule has 4 atom stereocenters. The number of nitrogens with zero attached hydrogens (tertiary/aromatic N) is 1. The maximum Gasteiger partial charge on any atom is 0.251 e. The van der Waals surface area contributed by atoms with Crippen LogP contribution in [0.2, 0.25) is 0 Å². The molecule has 1 amide bonds. The highest BCUT2D eigenvalue weighted by atomic mass is 16.5. The van der Waals surface area contributed by atoms with E-state index in [0.717, 1.165) is 11.3 Å². The zero-order chi connectivity index (χ0) is 16.7. The van der Waals surface area contributed by atoms with Gasteiger partial charge in [-0.15, -0.1) is 0 Å². The monoisotopic (exact) mass is 319 g/mol. The summed E-state index contributed by atoms with van der Waals surface area (Å²) in [7, 11) is 0. The highest BCUT2D eigenvalue weighted by Gasteiger charge is 2.49. The van der Waals surface area contributed by atoms with E-state index in [4.69, 9.17) is 4.74 Å². The second-order valence-corrected chi connectivity index (χ2v) is 6.63. The lowest BCUT2D eigenvalue weighted by atomic mass is 9.91. The van der Waals surface area contributed by atoms with E-state index < -0.39 is 0 Å². The third-order valence-electron chi connectivity index (χ3n) is 5.18. The molecule has 0 unspecified atom stereocenters. The number of ether oxygens (including phenoxy) is 1. The van der Waals surface area contributed by atoms with Crippen LogP contribution in [0, 0.1) is 5.92 Å². The number of fused-ring (bicyclic) bond motifs is 1. The van der Waals surface area contributed by atoms with Crippen LogP contribution in [-0.4, -0.2) is 16.8 Å². The summed E-state index contributed by atoms with van der Waals surface area (Å²) in [6.07, 6.45) is 1.67. The van der Waals surface area contributed by atoms with Gasteiger partial charge in [-0.05, 0) is 18.1 Å². The normalized spacial score (nSPS) is 26.8. The van der Waals surface area contributed by atoms with E-state index in [-0.39, 0.29) is 30.0 Å². The third kappa shape index (κ3) is 2.32. The van der Waals surface area contributed by atoms with Crippen molar-refractivity contribution in [1.82, 2.24) is 4.90 Å². The van der Waals surface area contributed by atoms with Gasteiger partial charge >= 0.3 is 0 Å². The first-order chi connectivity index (χ1) is 11.7. The molecule has 2 aromatic rings. The van der Waals surface area contributed by atoms with Crippen LogP contribution in [0.15, 0.2) is 72.5 Å². The number of hydrogen-bond donors (Lipinski definition) is 0. The lowest BCUT2D eigenvalue weighted by Gasteiger charge is -2.32. The predicted octanol–water partition coefficient (Wildman–Crippen LogP) is 4.25. The van der Waals surface area contributed by atoms with Gasteiger partial charge in [-0.2, -0.15) is 0 Å². The maximum atomic E-state index is 12.6. The third-order valence-corrected chi connectivity index (χ3v) is 5.18. The average molecular weight is 319 g/mol. The van der Waals surface area contributed by atoms with E-state index in [2.05, 4.69) is 38.1 Å². The Labute approximate surface area is 142 Å². The molecular weight excluding hydrogens is 298 g/mol. The Bertz CT molecular complexity index is 769. The van der Waals surface area contributed by atoms with Gasteiger partial charge in [-0.1, -0.05) is 67.6 Å². The van der Waals surface area contributed by atoms with Crippen molar-refractivity contribution in [3.05, 3.63) is 83.6 Å². The number of amides is 1. The first kappa shape index (κ1) is 15.0. The topological polar surface area (TPSA) is 29.5 Å². The highest BCUT2D eigenvalue weighted by Crippen LogP contribution is 2.47. The van der Waals surface area contributed by atoms with Crippen LogP contribution in [0.25, 0.3) is 0 Å². The zero-order valence-corrected chi connectivity index (χ0v) is 13.9. The second kappa shape index (κ2) is 5.82. The van der Waals surface area contributed by atoms with Crippen LogP contribution < -0.4 is 0 Å². The van der Waals surface area contributed by atoms with Crippen LogP contribution in [0.5, 0.6) is 0 Å². The van der Waals surface area contributed by atoms with Gasteiger partial charge < -0.3 is 9.64 Å². The van der Waals surface area contributed by atoms with E-state index in [1.54, 1.807) is 6.08 Å². The molecule has 2 aliphatic rings. The van der Waals surface area contributed by atoms with Crippen LogP contribution in [-0.2, 0) is 9.53 Å². The van der Waals surface area contributed by atoms with Gasteiger partial charge in [0.1, 0.15) is 11.9 Å². The molecule has 24 heavy (non-hydrogen) atoms. The van der Waals surface area contributed by atoms with Gasteiger partial charge in [-0.25, -0.2) is 0 Å². The summed E-state index contributed by atoms with van der Waals surface area (Å²) in [6.45, 7) is 4.26. The van der Waals surface area contributed by atoms with Crippen molar-refractivity contribution in [2.24, 2.45) is 5.92 Å². The van der Waals surface area contributed by atoms with Crippen molar-refractivity contribution < 1.29 is 9.53 Å². The molecule has 2 heterocycles. The highest BCUT2D eigenvalue weighted by molar-refractivity contribution is 5.92. The summed E-state index contributed by atoms with van der Waals surface area (Å²) in [6, 6.07) is 20.5. The average Bonchev–Trinajstić information content (AvgIpc) is 3.11. The second-order valence-electron chi connectivity index (χ2n) is 6.63. The van der Waals surface area contributed by atoms with E-state index in [0.29, 0.717) is 0 Å². The summed E-state index contributed by atoms with van der Waals surface area (Å²) >= 11 is 0. The van der Waals surface area contributed by atoms with Crippen LogP contribution >= 0.6 is 0 Å². The first-order valence-corrected chi connectivity index (χ1v) is 8.47. The molecule has 3 nitrogen and oxygen atoms in total. The first-order valence-electron chi connectivity index (χ1n) is 8.47. The number of benzene rings is 2. The number of hydrogen-bond acceptors (Lipinski definition) is 2. The molecule has 0 N–H and O–H groups in total. The molecule has 4 rings (SSSR count). The Kier molecular flexibility index (Phi) is 3.64. The molecule has 0 radical (unpaired) electrons. The zero-order valence-electron chi connectivity index (χ0n) is 13.9. The van der Waals surface area contributed by atoms with Gasteiger partial charge in [0, 0.05) is 12.0 Å². The van der Waals surface area contributed by atoms with Gasteiger partial charge in [0.25, 0.3) is 5.91 Å². The quantitative estimate of drug-likeness (QED) is 0.846. The van der Waals surface area contributed by atoms with E-state index >= 15 is 0 Å². The summed E-state index contributed by atoms with van der Waals surface area (Å²) in [5, 5.41) is 0. The fraction of sp³-hybridized carbons (Fsp3) is 0.286. The minimum atomic E-state index is 0.000948. The minimum absolute atomic E-state index is 0.000948. The molecule has 1 fully saturated rings.